The third-order valence-electron chi connectivity index (χ3n) is 2.55. The summed E-state index contributed by atoms with van der Waals surface area (Å²) in [6.07, 6.45) is 0. The van der Waals surface area contributed by atoms with Crippen LogP contribution in [0.3, 0.4) is 0 Å². The predicted octanol–water partition coefficient (Wildman–Crippen LogP) is 6.31. The number of hydrogen-bond acceptors (Lipinski definition) is 0. The van der Waals surface area contributed by atoms with Gasteiger partial charge in [0.25, 0.3) is 0 Å². The molecule has 100 valence electrons. The fraction of sp³-hybridized carbons (Fsp3) is 0.0769. The summed E-state index contributed by atoms with van der Waals surface area (Å²) < 4.78 is 28.2. The first-order valence-electron chi connectivity index (χ1n) is 5.13. The second kappa shape index (κ2) is 6.24. The fourth-order valence-electron chi connectivity index (χ4n) is 1.58. The second-order valence-corrected chi connectivity index (χ2v) is 6.68. The van der Waals surface area contributed by atoms with Gasteiger partial charge in [0.05, 0.1) is 14.9 Å². The molecule has 2 aromatic carbocycles. The first-order valence-corrected chi connectivity index (χ1v) is 7.82. The van der Waals surface area contributed by atoms with Crippen LogP contribution < -0.4 is 0 Å². The first-order chi connectivity index (χ1) is 8.90. The summed E-state index contributed by atoms with van der Waals surface area (Å²) in [5, 5.41) is -0.265. The second-order valence-electron chi connectivity index (χ2n) is 3.82. The standard InChI is InChI=1S/C13H6BrCl2F2I/c14-8-5-10(17)7(4-11(8)18)13(16)6-1-2-12(19)9(15)3-6/h1-5,13H. The summed E-state index contributed by atoms with van der Waals surface area (Å²) in [6.45, 7) is 0. The van der Waals surface area contributed by atoms with E-state index in [1.54, 1.807) is 18.2 Å². The molecule has 0 saturated carbocycles. The van der Waals surface area contributed by atoms with Crippen molar-refractivity contribution in [1.29, 1.82) is 0 Å². The Bertz CT molecular complexity index is 634. The van der Waals surface area contributed by atoms with Gasteiger partial charge < -0.3 is 0 Å². The summed E-state index contributed by atoms with van der Waals surface area (Å²) in [4.78, 5) is 0. The molecule has 0 amide bonds. The van der Waals surface area contributed by atoms with E-state index in [9.17, 15) is 8.78 Å². The average molecular weight is 478 g/mol. The van der Waals surface area contributed by atoms with Crippen molar-refractivity contribution < 1.29 is 8.78 Å². The summed E-state index contributed by atoms with van der Waals surface area (Å²) in [5.74, 6) is -1.12. The Morgan fingerprint density at radius 2 is 1.79 bits per heavy atom. The van der Waals surface area contributed by atoms with Gasteiger partial charge in [0.15, 0.2) is 0 Å². The van der Waals surface area contributed by atoms with Crippen molar-refractivity contribution in [2.75, 3.05) is 0 Å². The number of halogens is 6. The molecule has 1 atom stereocenters. The number of benzene rings is 2. The zero-order valence-corrected chi connectivity index (χ0v) is 14.5. The normalized spacial score (nSPS) is 12.5. The molecule has 0 aromatic heterocycles. The van der Waals surface area contributed by atoms with E-state index < -0.39 is 17.0 Å². The van der Waals surface area contributed by atoms with Crippen molar-refractivity contribution in [3.05, 3.63) is 66.2 Å². The van der Waals surface area contributed by atoms with Crippen molar-refractivity contribution in [3.63, 3.8) is 0 Å². The van der Waals surface area contributed by atoms with Crippen molar-refractivity contribution in [1.82, 2.24) is 0 Å². The first kappa shape index (κ1) is 15.5. The third kappa shape index (κ3) is 3.40. The van der Waals surface area contributed by atoms with Gasteiger partial charge in [0.2, 0.25) is 0 Å². The molecule has 0 bridgehead atoms. The molecule has 0 N–H and O–H groups in total. The van der Waals surface area contributed by atoms with Gasteiger partial charge >= 0.3 is 0 Å². The summed E-state index contributed by atoms with van der Waals surface area (Å²) in [7, 11) is 0. The summed E-state index contributed by atoms with van der Waals surface area (Å²) in [6, 6.07) is 7.32. The zero-order chi connectivity index (χ0) is 14.2. The minimum atomic E-state index is -0.794. The highest BCUT2D eigenvalue weighted by molar-refractivity contribution is 14.1. The minimum absolute atomic E-state index is 0.0678. The van der Waals surface area contributed by atoms with E-state index in [4.69, 9.17) is 23.2 Å². The molecule has 0 aliphatic heterocycles. The minimum Gasteiger partial charge on any atom is -0.207 e. The van der Waals surface area contributed by atoms with Crippen molar-refractivity contribution in [2.45, 2.75) is 5.38 Å². The molecule has 0 saturated heterocycles. The number of rotatable bonds is 2. The molecule has 2 aromatic rings. The molecule has 1 unspecified atom stereocenters. The van der Waals surface area contributed by atoms with Crippen molar-refractivity contribution in [3.8, 4) is 0 Å². The van der Waals surface area contributed by atoms with Gasteiger partial charge in [-0.2, -0.15) is 0 Å². The molecule has 0 aliphatic rings. The molecule has 0 fully saturated rings. The van der Waals surface area contributed by atoms with E-state index in [2.05, 4.69) is 38.5 Å². The Morgan fingerprint density at radius 1 is 1.11 bits per heavy atom. The van der Waals surface area contributed by atoms with Crippen molar-refractivity contribution >= 4 is 61.7 Å². The monoisotopic (exact) mass is 476 g/mol. The molecule has 2 rings (SSSR count). The Labute approximate surface area is 141 Å². The van der Waals surface area contributed by atoms with Crippen LogP contribution >= 0.6 is 61.7 Å². The third-order valence-corrected chi connectivity index (χ3v) is 5.22. The van der Waals surface area contributed by atoms with Crippen LogP contribution in [0.25, 0.3) is 0 Å². The van der Waals surface area contributed by atoms with Crippen LogP contribution in [0.5, 0.6) is 0 Å². The maximum Gasteiger partial charge on any atom is 0.137 e. The van der Waals surface area contributed by atoms with Gasteiger partial charge in [-0.15, -0.1) is 11.6 Å². The lowest BCUT2D eigenvalue weighted by Gasteiger charge is -2.13. The molecule has 6 heteroatoms. The van der Waals surface area contributed by atoms with E-state index in [1.807, 2.05) is 0 Å². The van der Waals surface area contributed by atoms with E-state index in [-0.39, 0.29) is 10.0 Å². The van der Waals surface area contributed by atoms with Gasteiger partial charge in [0.1, 0.15) is 11.6 Å². The van der Waals surface area contributed by atoms with Gasteiger partial charge in [-0.3, -0.25) is 0 Å². The van der Waals surface area contributed by atoms with Crippen molar-refractivity contribution in [2.24, 2.45) is 0 Å². The number of hydrogen-bond donors (Lipinski definition) is 0. The summed E-state index contributed by atoms with van der Waals surface area (Å²) >= 11 is 17.2. The van der Waals surface area contributed by atoms with Crippen LogP contribution in [-0.4, -0.2) is 0 Å². The molecular formula is C13H6BrCl2F2I. The van der Waals surface area contributed by atoms with Crippen LogP contribution in [0.15, 0.2) is 34.8 Å². The predicted molar refractivity (Wildman–Crippen MR) is 85.9 cm³/mol. The van der Waals surface area contributed by atoms with Gasteiger partial charge in [0, 0.05) is 9.13 Å². The zero-order valence-electron chi connectivity index (χ0n) is 9.23. The Balaban J connectivity index is 2.46. The maximum atomic E-state index is 13.8. The lowest BCUT2D eigenvalue weighted by atomic mass is 10.0. The molecule has 0 radical (unpaired) electrons. The van der Waals surface area contributed by atoms with Crippen LogP contribution in [0.4, 0.5) is 8.78 Å². The Morgan fingerprint density at radius 3 is 2.42 bits per heavy atom. The summed E-state index contributed by atoms with van der Waals surface area (Å²) in [5.41, 5.74) is 0.701. The van der Waals surface area contributed by atoms with Gasteiger partial charge in [-0.25, -0.2) is 8.78 Å². The van der Waals surface area contributed by atoms with Crippen LogP contribution in [0.1, 0.15) is 16.5 Å². The largest absolute Gasteiger partial charge is 0.207 e. The highest BCUT2D eigenvalue weighted by atomic mass is 127. The van der Waals surface area contributed by atoms with Crippen LogP contribution in [-0.2, 0) is 0 Å². The molecule has 19 heavy (non-hydrogen) atoms. The van der Waals surface area contributed by atoms with Crippen LogP contribution in [0, 0.1) is 15.2 Å². The van der Waals surface area contributed by atoms with E-state index in [0.29, 0.717) is 10.6 Å². The Hall–Kier alpha value is 0.0900. The smallest absolute Gasteiger partial charge is 0.137 e. The van der Waals surface area contributed by atoms with E-state index in [1.165, 1.54) is 0 Å². The lowest BCUT2D eigenvalue weighted by molar-refractivity contribution is 0.582. The number of alkyl halides is 1. The molecular weight excluding hydrogens is 472 g/mol. The van der Waals surface area contributed by atoms with Crippen LogP contribution in [0.2, 0.25) is 5.02 Å². The van der Waals surface area contributed by atoms with Gasteiger partial charge in [-0.05, 0) is 68.3 Å². The highest BCUT2D eigenvalue weighted by Gasteiger charge is 2.18. The SMILES string of the molecule is Fc1cc(C(Cl)c2ccc(I)c(Cl)c2)c(F)cc1Br. The Kier molecular flexibility index (Phi) is 5.09. The van der Waals surface area contributed by atoms with E-state index in [0.717, 1.165) is 15.7 Å². The highest BCUT2D eigenvalue weighted by Crippen LogP contribution is 2.34. The molecule has 0 heterocycles. The fourth-order valence-corrected chi connectivity index (χ4v) is 2.72. The van der Waals surface area contributed by atoms with E-state index >= 15 is 0 Å². The average Bonchev–Trinajstić information content (AvgIpc) is 2.36. The molecule has 0 spiro atoms. The molecule has 0 aliphatic carbocycles. The topological polar surface area (TPSA) is 0 Å². The maximum absolute atomic E-state index is 13.8. The lowest BCUT2D eigenvalue weighted by Crippen LogP contribution is -1.99. The van der Waals surface area contributed by atoms with Gasteiger partial charge in [-0.1, -0.05) is 17.7 Å². The molecule has 0 nitrogen and oxygen atoms in total. The quantitative estimate of drug-likeness (QED) is 0.270.